The van der Waals surface area contributed by atoms with Crippen LogP contribution in [0.2, 0.25) is 0 Å². The number of rotatable bonds is 42. The number of aliphatic hydroxyl groups excluding tert-OH is 12. The zero-order valence-corrected chi connectivity index (χ0v) is 79.3. The zero-order valence-electron chi connectivity index (χ0n) is 79.3. The Balaban J connectivity index is 0.000000336. The van der Waals surface area contributed by atoms with E-state index in [-0.39, 0.29) is 91.1 Å². The number of nitrogens with one attached hydrogen (secondary N) is 7. The molecule has 5 saturated heterocycles. The predicted octanol–water partition coefficient (Wildman–Crippen LogP) is -4.97. The lowest BCUT2D eigenvalue weighted by Gasteiger charge is -2.47. The second-order valence-corrected chi connectivity index (χ2v) is 35.8. The molecule has 7 amide bonds. The van der Waals surface area contributed by atoms with Crippen molar-refractivity contribution in [3.05, 3.63) is 202 Å². The van der Waals surface area contributed by atoms with Crippen molar-refractivity contribution in [1.82, 2.24) is 37.2 Å². The smallest absolute Gasteiger partial charge is 0.408 e. The van der Waals surface area contributed by atoms with E-state index in [0.717, 1.165) is 0 Å². The fourth-order valence-corrected chi connectivity index (χ4v) is 17.4. The van der Waals surface area contributed by atoms with Gasteiger partial charge in [0.25, 0.3) is 0 Å². The number of hydrogen-bond acceptors (Lipinski definition) is 43. The predicted molar refractivity (Wildman–Crippen MR) is 501 cm³/mol. The van der Waals surface area contributed by atoms with E-state index in [9.17, 15) is 100 Å². The summed E-state index contributed by atoms with van der Waals surface area (Å²) in [7, 11) is 0. The minimum atomic E-state index is -2.08. The molecule has 7 fully saturated rings. The summed E-state index contributed by atoms with van der Waals surface area (Å²) in [5, 5.41) is 156. The Morgan fingerprint density at radius 3 is 1.32 bits per heavy atom. The number of carbonyl (C=O) groups is 7. The molecule has 0 unspecified atom stereocenters. The van der Waals surface area contributed by atoms with Crippen molar-refractivity contribution in [2.24, 2.45) is 39.5 Å². The van der Waals surface area contributed by atoms with Crippen LogP contribution in [-0.4, -0.2) is 376 Å². The van der Waals surface area contributed by atoms with E-state index in [0.29, 0.717) is 40.7 Å². The summed E-state index contributed by atoms with van der Waals surface area (Å²) in [5.41, 5.74) is 48.2. The van der Waals surface area contributed by atoms with Gasteiger partial charge in [0.05, 0.1) is 62.2 Å². The molecule has 52 nitrogen and oxygen atoms in total. The largest absolute Gasteiger partial charge is 0.445 e. The SMILES string of the molecule is NCC[C@H](O)C(=O)N[C@@H]1C[C@H](N)[C@@H](O[C@H]2O[C@H](CN)CC[C@H]2N)[C@H](O[C@@H]2O[C@H](CO)[C@@H](O[C@H]3O[C@@H](CN)[C@@H](O)[C@H](O)[C@H]3N)[C@H]2O)[C@H]1O.[N-]=[N+]=NC[C@@H]1C=C[C@@H](NC(=O)OCc2ccccc2)[C@@H](O[C@H]2[C@H](O[C@@H]3O[C@H](CO)[C@@H](O[C@H]4O[C@@H](CNC(=O)OCc5ccccc5)[C@@H](O)[C@H](O)[C@H]4NC(=O)OCc4ccccc4)[C@H]3O)[C@@H](O)[C@H](NC(=O)[C@@H](O)CCNC(=O)OCc3ccccc3)C[C@@H]2NC(=O)OCc2ccccc2)O1. The quantitative estimate of drug-likeness (QED) is 0.00572. The van der Waals surface area contributed by atoms with Crippen LogP contribution in [0.5, 0.6) is 0 Å². The highest BCUT2D eigenvalue weighted by Gasteiger charge is 2.59. The summed E-state index contributed by atoms with van der Waals surface area (Å²) in [6.07, 6.45) is -44.6. The number of alkyl carbamates (subject to hydrolysis) is 5. The normalized spacial score (nSPS) is 33.5. The molecule has 0 aromatic heterocycles. The average molecular weight is 2060 g/mol. The molecule has 0 bridgehead atoms. The monoisotopic (exact) mass is 2060 g/mol. The van der Waals surface area contributed by atoms with Crippen LogP contribution >= 0.6 is 0 Å². The highest BCUT2D eigenvalue weighted by atomic mass is 16.8. The number of benzene rings is 5. The maximum Gasteiger partial charge on any atom is 0.408 e. The van der Waals surface area contributed by atoms with Crippen molar-refractivity contribution in [3.8, 4) is 0 Å². The van der Waals surface area contributed by atoms with E-state index in [4.69, 9.17) is 115 Å². The maximum atomic E-state index is 14.1. The van der Waals surface area contributed by atoms with Gasteiger partial charge >= 0.3 is 30.5 Å². The van der Waals surface area contributed by atoms with E-state index >= 15 is 0 Å². The van der Waals surface area contributed by atoms with Crippen LogP contribution in [0, 0.1) is 0 Å². The number of nitrogens with zero attached hydrogens (tertiary/aromatic N) is 3. The third kappa shape index (κ3) is 31.9. The third-order valence-corrected chi connectivity index (χ3v) is 25.4. The molecular weight excluding hydrogens is 1930 g/mol. The second-order valence-electron chi connectivity index (χ2n) is 35.8. The number of carbonyl (C=O) groups excluding carboxylic acids is 7. The highest BCUT2D eigenvalue weighted by Crippen LogP contribution is 2.39. The molecule has 2 aliphatic carbocycles. The number of nitrogens with two attached hydrogens (primary N) is 6. The van der Waals surface area contributed by atoms with Gasteiger partial charge in [0, 0.05) is 37.1 Å². The summed E-state index contributed by atoms with van der Waals surface area (Å²) in [4.78, 5) is 96.3. The van der Waals surface area contributed by atoms with Gasteiger partial charge < -0.3 is 213 Å². The third-order valence-electron chi connectivity index (χ3n) is 25.4. The number of ether oxygens (including phenoxy) is 17. The summed E-state index contributed by atoms with van der Waals surface area (Å²) < 4.78 is 101. The molecule has 8 aliphatic rings. The molecule has 31 N–H and O–H groups in total. The molecule has 0 radical (unpaired) electrons. The Kier molecular flexibility index (Phi) is 44.2. The summed E-state index contributed by atoms with van der Waals surface area (Å²) in [5.74, 6) is -1.87. The van der Waals surface area contributed by atoms with Gasteiger partial charge in [-0.2, -0.15) is 0 Å². The van der Waals surface area contributed by atoms with E-state index in [2.05, 4.69) is 47.2 Å². The Labute approximate surface area is 837 Å². The van der Waals surface area contributed by atoms with Crippen molar-refractivity contribution in [1.29, 1.82) is 0 Å². The van der Waals surface area contributed by atoms with Crippen molar-refractivity contribution in [2.75, 3.05) is 52.5 Å². The first-order chi connectivity index (χ1) is 70.4. The lowest BCUT2D eigenvalue weighted by molar-refractivity contribution is -0.289. The van der Waals surface area contributed by atoms with Crippen molar-refractivity contribution in [2.45, 2.75) is 292 Å². The number of hydrogen-bond donors (Lipinski definition) is 25. The Hall–Kier alpha value is -10.8. The van der Waals surface area contributed by atoms with Gasteiger partial charge in [0.15, 0.2) is 37.7 Å². The van der Waals surface area contributed by atoms with Gasteiger partial charge in [-0.3, -0.25) is 9.59 Å². The van der Waals surface area contributed by atoms with Gasteiger partial charge in [-0.05, 0) is 78.4 Å². The molecule has 2 saturated carbocycles. The fourth-order valence-electron chi connectivity index (χ4n) is 17.4. The summed E-state index contributed by atoms with van der Waals surface area (Å²) in [6.45, 7) is -3.53. The minimum absolute atomic E-state index is 0.0124. The Morgan fingerprint density at radius 2 is 0.829 bits per heavy atom. The van der Waals surface area contributed by atoms with Crippen molar-refractivity contribution in [3.63, 3.8) is 0 Å². The highest BCUT2D eigenvalue weighted by molar-refractivity contribution is 5.81. The molecule has 5 aromatic rings. The molecule has 804 valence electrons. The molecule has 13 rings (SSSR count). The molecule has 6 aliphatic heterocycles. The van der Waals surface area contributed by atoms with Crippen LogP contribution in [0.3, 0.4) is 0 Å². The molecule has 5 aromatic carbocycles. The topological polar surface area (TPSA) is 808 Å². The summed E-state index contributed by atoms with van der Waals surface area (Å²) in [6, 6.07) is 33.5. The first-order valence-electron chi connectivity index (χ1n) is 47.7. The molecular formula is C94H132N16O36. The molecule has 52 heteroatoms. The molecule has 6 heterocycles. The van der Waals surface area contributed by atoms with Gasteiger partial charge in [-0.25, -0.2) is 24.0 Å². The Morgan fingerprint density at radius 1 is 0.397 bits per heavy atom. The Bertz CT molecular complexity index is 4930. The number of azide groups is 1. The lowest BCUT2D eigenvalue weighted by Crippen LogP contribution is -2.68. The van der Waals surface area contributed by atoms with E-state index in [1.165, 1.54) is 12.2 Å². The lowest BCUT2D eigenvalue weighted by atomic mass is 9.83. The first-order valence-corrected chi connectivity index (χ1v) is 47.7. The van der Waals surface area contributed by atoms with Crippen molar-refractivity contribution >= 4 is 42.3 Å². The number of amides is 7. The second kappa shape index (κ2) is 56.6. The summed E-state index contributed by atoms with van der Waals surface area (Å²) >= 11 is 0. The van der Waals surface area contributed by atoms with Gasteiger partial charge in [0.1, 0.15) is 167 Å². The zero-order chi connectivity index (χ0) is 105. The van der Waals surface area contributed by atoms with E-state index in [1.807, 2.05) is 0 Å². The van der Waals surface area contributed by atoms with Gasteiger partial charge in [-0.15, -0.1) is 0 Å². The van der Waals surface area contributed by atoms with Crippen LogP contribution in [0.1, 0.15) is 66.3 Å². The number of aliphatic hydroxyl groups is 12. The van der Waals surface area contributed by atoms with Crippen LogP contribution in [0.15, 0.2) is 169 Å². The van der Waals surface area contributed by atoms with Crippen LogP contribution in [-0.2, 0) is 123 Å². The van der Waals surface area contributed by atoms with E-state index in [1.54, 1.807) is 152 Å². The van der Waals surface area contributed by atoms with Gasteiger partial charge in [-0.1, -0.05) is 169 Å². The first kappa shape index (κ1) is 114. The molecule has 0 spiro atoms. The van der Waals surface area contributed by atoms with Crippen molar-refractivity contribution < 1.29 is 175 Å². The van der Waals surface area contributed by atoms with E-state index < -0.39 is 283 Å². The van der Waals surface area contributed by atoms with Crippen LogP contribution in [0.25, 0.3) is 10.4 Å². The maximum absolute atomic E-state index is 14.1. The molecule has 146 heavy (non-hydrogen) atoms. The van der Waals surface area contributed by atoms with Gasteiger partial charge in [0.2, 0.25) is 11.8 Å². The average Bonchev–Trinajstić information content (AvgIpc) is 1.50. The standard InChI is InChI=1S/C67H79N9O23.C27H53N7O13/c68-76-71-31-44-26-27-45(73-65(86)91-36-41-20-10-3-11-21-41)60(94-44)97-56-47(74-66(87)92-37-42-22-12-4-13-23-42)30-46(72-59(83)48(78)28-29-69-63(84)89-34-39-16-6-1-7-17-39)52(79)58(56)99-62-55(82)57(50(33-77)96-62)98-61-51(75-67(88)93-38-43-24-14-5-15-25-43)54(81)53(80)49(95-61)32-70-64(85)90-35-40-18-8-2-9-19-40;28-4-3-13(36)24(41)34-12-5-11(32)21(45-25-10(31)2-1-9(6-29)42-25)23(17(12)37)47-27-20(40)22(15(8-35)44-27)46-26-16(33)19(39)18(38)14(7-30)43-26/h1-27,44-58,60-62,77-82H,28-38H2,(H,69,84)(H,70,85)(H,72,83)(H,73,86)(H,74,87)(H,75,88);9-23,25-27,35-40H,1-8,28-33H2,(H,34,41)/t44-,45+,46+,47-,48-,49-,50+,51+,52-,53+,54+,55+,56+,57+,58+,60+,61+,62-;9-,10+,11-,12+,13-,14-,15+,16+,17-,18+,19+,20+,21+,22+,23+,25+,26+,27-/m00/s1. The van der Waals surface area contributed by atoms with Crippen LogP contribution in [0.4, 0.5) is 24.0 Å². The fraction of sp³-hybridized carbons (Fsp3) is 0.585. The van der Waals surface area contributed by atoms with Crippen LogP contribution < -0.4 is 71.6 Å². The minimum Gasteiger partial charge on any atom is -0.445 e. The molecule has 36 atom stereocenters.